The molecule has 8 heteroatoms. The molecule has 0 saturated carbocycles. The van der Waals surface area contributed by atoms with Gasteiger partial charge in [-0.15, -0.1) is 11.3 Å². The van der Waals surface area contributed by atoms with E-state index in [4.69, 9.17) is 28.3 Å². The molecule has 1 aromatic heterocycles. The Bertz CT molecular complexity index is 569. The zero-order valence-corrected chi connectivity index (χ0v) is 15.2. The molecule has 0 fully saturated rings. The van der Waals surface area contributed by atoms with E-state index in [1.165, 1.54) is 11.3 Å². The Morgan fingerprint density at radius 2 is 1.89 bits per heavy atom. The summed E-state index contributed by atoms with van der Waals surface area (Å²) in [6.07, 6.45) is 0. The van der Waals surface area contributed by atoms with Crippen molar-refractivity contribution >= 4 is 52.7 Å². The van der Waals surface area contributed by atoms with Gasteiger partial charge in [-0.05, 0) is 18.1 Å². The number of rotatable bonds is 2. The van der Waals surface area contributed by atoms with Crippen LogP contribution in [0, 0.1) is 0 Å². The van der Waals surface area contributed by atoms with Gasteiger partial charge >= 0.3 is 0 Å². The molecule has 0 aliphatic rings. The average Bonchev–Trinajstić information content (AvgIpc) is 2.44. The number of thiophene rings is 1. The maximum Gasteiger partial charge on any atom is 0.195 e. The quantitative estimate of drug-likeness (QED) is 0.772. The highest BCUT2D eigenvalue weighted by molar-refractivity contribution is 7.94. The highest BCUT2D eigenvalue weighted by Crippen LogP contribution is 2.40. The van der Waals surface area contributed by atoms with Gasteiger partial charge in [0.25, 0.3) is 0 Å². The van der Waals surface area contributed by atoms with E-state index in [1.807, 2.05) is 13.1 Å². The van der Waals surface area contributed by atoms with Crippen LogP contribution in [0.5, 0.6) is 0 Å². The second-order valence-electron chi connectivity index (χ2n) is 5.65. The van der Waals surface area contributed by atoms with Crippen molar-refractivity contribution in [3.8, 4) is 0 Å². The fourth-order valence-electron chi connectivity index (χ4n) is 1.02. The minimum atomic E-state index is -2.97. The van der Waals surface area contributed by atoms with Crippen molar-refractivity contribution in [2.75, 3.05) is 0 Å². The predicted molar refractivity (Wildman–Crippen MR) is 84.6 cm³/mol. The Labute approximate surface area is 124 Å². The first-order valence-corrected chi connectivity index (χ1v) is 11.5. The topological polar surface area (TPSA) is 55.4 Å². The Balaban J connectivity index is 3.40. The maximum absolute atomic E-state index is 12.6. The molecule has 18 heavy (non-hydrogen) atoms. The van der Waals surface area contributed by atoms with Crippen LogP contribution in [0.1, 0.15) is 20.8 Å². The summed E-state index contributed by atoms with van der Waals surface area (Å²) >= 11 is 13.1. The van der Waals surface area contributed by atoms with Crippen LogP contribution in [0.2, 0.25) is 28.2 Å². The van der Waals surface area contributed by atoms with Crippen LogP contribution >= 0.6 is 34.5 Å². The minimum Gasteiger partial charge on any atom is -0.261 e. The molecule has 1 heterocycles. The third-order valence-corrected chi connectivity index (χ3v) is 13.4. The monoisotopic (exact) mass is 344 g/mol. The van der Waals surface area contributed by atoms with Crippen molar-refractivity contribution in [3.63, 3.8) is 0 Å². The molecule has 1 atom stereocenters. The summed E-state index contributed by atoms with van der Waals surface area (Å²) in [6.45, 7) is 10.3. The molecule has 1 rings (SSSR count). The Morgan fingerprint density at radius 3 is 2.22 bits per heavy atom. The van der Waals surface area contributed by atoms with Gasteiger partial charge in [-0.3, -0.25) is 4.03 Å². The fourth-order valence-corrected chi connectivity index (χ4v) is 8.02. The molecule has 0 aliphatic carbocycles. The number of nitrogens with two attached hydrogens (primary N) is 1. The Morgan fingerprint density at radius 1 is 1.39 bits per heavy atom. The van der Waals surface area contributed by atoms with E-state index in [2.05, 4.69) is 24.8 Å². The highest BCUT2D eigenvalue weighted by Gasteiger charge is 2.37. The molecule has 1 unspecified atom stereocenters. The van der Waals surface area contributed by atoms with Gasteiger partial charge in [0.2, 0.25) is 0 Å². The van der Waals surface area contributed by atoms with E-state index >= 15 is 0 Å². The van der Waals surface area contributed by atoms with Crippen LogP contribution in [0.25, 0.3) is 0 Å². The predicted octanol–water partition coefficient (Wildman–Crippen LogP) is 4.76. The summed E-state index contributed by atoms with van der Waals surface area (Å²) in [4.78, 5) is 0. The van der Waals surface area contributed by atoms with Gasteiger partial charge in [-0.2, -0.15) is 0 Å². The molecule has 0 aromatic carbocycles. The van der Waals surface area contributed by atoms with Crippen molar-refractivity contribution in [2.45, 2.75) is 43.1 Å². The third-order valence-electron chi connectivity index (χ3n) is 3.12. The van der Waals surface area contributed by atoms with Gasteiger partial charge in [-0.1, -0.05) is 44.0 Å². The zero-order valence-electron chi connectivity index (χ0n) is 11.1. The van der Waals surface area contributed by atoms with E-state index in [-0.39, 0.29) is 10.1 Å². The molecule has 0 aliphatic heterocycles. The first-order chi connectivity index (χ1) is 7.88. The van der Waals surface area contributed by atoms with Crippen LogP contribution in [-0.4, -0.2) is 12.4 Å². The average molecular weight is 345 g/mol. The lowest BCUT2D eigenvalue weighted by molar-refractivity contribution is 0.677. The minimum absolute atomic E-state index is 0.0252. The Hall–Kier alpha value is 0.407. The number of halogens is 2. The van der Waals surface area contributed by atoms with Crippen molar-refractivity contribution in [1.29, 1.82) is 0 Å². The Kier molecular flexibility index (Phi) is 4.63. The van der Waals surface area contributed by atoms with E-state index < -0.39 is 18.2 Å². The fraction of sp³-hybridized carbons (Fsp3) is 0.600. The molecule has 0 bridgehead atoms. The van der Waals surface area contributed by atoms with E-state index in [0.29, 0.717) is 9.23 Å². The first kappa shape index (κ1) is 16.5. The summed E-state index contributed by atoms with van der Waals surface area (Å²) < 4.78 is 17.4. The summed E-state index contributed by atoms with van der Waals surface area (Å²) in [5, 5.41) is 8.14. The number of hydrogen-bond acceptors (Lipinski definition) is 3. The molecule has 3 nitrogen and oxygen atoms in total. The van der Waals surface area contributed by atoms with Crippen molar-refractivity contribution in [2.24, 2.45) is 9.17 Å². The molecular weight excluding hydrogens is 327 g/mol. The molecule has 0 radical (unpaired) electrons. The van der Waals surface area contributed by atoms with Crippen LogP contribution in [0.15, 0.2) is 13.6 Å². The molecule has 0 amide bonds. The summed E-state index contributed by atoms with van der Waals surface area (Å²) in [7, 11) is -5.08. The van der Waals surface area contributed by atoms with Crippen LogP contribution in [0.4, 0.5) is 0 Å². The summed E-state index contributed by atoms with van der Waals surface area (Å²) in [5.74, 6) is 0. The van der Waals surface area contributed by atoms with Gasteiger partial charge in [0.05, 0.1) is 10.0 Å². The maximum atomic E-state index is 12.6. The molecule has 104 valence electrons. The largest absolute Gasteiger partial charge is 0.261 e. The normalized spacial score (nSPS) is 16.4. The van der Waals surface area contributed by atoms with Crippen LogP contribution in [-0.2, 0) is 9.92 Å². The van der Waals surface area contributed by atoms with Crippen LogP contribution in [0.3, 0.4) is 0 Å². The molecule has 0 spiro atoms. The SMILES string of the molecule is CC(C)(C)[Si](C)(C)N=S(N)(=O)c1scc(Cl)c1Cl. The zero-order chi connectivity index (χ0) is 14.4. The lowest BCUT2D eigenvalue weighted by Gasteiger charge is -2.32. The third kappa shape index (κ3) is 3.29. The lowest BCUT2D eigenvalue weighted by atomic mass is 10.2. The van der Waals surface area contributed by atoms with E-state index in [9.17, 15) is 4.21 Å². The first-order valence-electron chi connectivity index (χ1n) is 5.37. The summed E-state index contributed by atoms with van der Waals surface area (Å²) in [6, 6.07) is 0. The standard InChI is InChI=1S/C10H18Cl2N2OS2Si/c1-10(2,3)18(4,5)14-17(13,15)9-8(12)7(11)6-16-9/h6H,1-5H3,(H2,13,14,15). The second kappa shape index (κ2) is 5.07. The highest BCUT2D eigenvalue weighted by atomic mass is 35.5. The van der Waals surface area contributed by atoms with Crippen molar-refractivity contribution < 1.29 is 4.21 Å². The van der Waals surface area contributed by atoms with Crippen molar-refractivity contribution in [1.82, 2.24) is 0 Å². The van der Waals surface area contributed by atoms with Gasteiger partial charge in [-0.25, -0.2) is 9.35 Å². The number of nitrogens with zero attached hydrogens (tertiary/aromatic N) is 1. The smallest absolute Gasteiger partial charge is 0.195 e. The van der Waals surface area contributed by atoms with E-state index in [0.717, 1.165) is 0 Å². The van der Waals surface area contributed by atoms with Gasteiger partial charge in [0.1, 0.15) is 14.1 Å². The lowest BCUT2D eigenvalue weighted by Crippen LogP contribution is -2.37. The van der Waals surface area contributed by atoms with Gasteiger partial charge in [0.15, 0.2) is 8.24 Å². The summed E-state index contributed by atoms with van der Waals surface area (Å²) in [5.41, 5.74) is 0. The molecule has 1 aromatic rings. The van der Waals surface area contributed by atoms with Gasteiger partial charge in [0, 0.05) is 5.38 Å². The molecule has 2 N–H and O–H groups in total. The molecule has 0 saturated heterocycles. The molecular formula is C10H18Cl2N2OS2Si. The van der Waals surface area contributed by atoms with E-state index in [1.54, 1.807) is 5.38 Å². The van der Waals surface area contributed by atoms with Crippen molar-refractivity contribution in [3.05, 3.63) is 15.4 Å². The van der Waals surface area contributed by atoms with Crippen LogP contribution < -0.4 is 5.14 Å². The van der Waals surface area contributed by atoms with Gasteiger partial charge < -0.3 is 0 Å². The second-order valence-corrected chi connectivity index (χ2v) is 14.5. The number of hydrogen-bond donors (Lipinski definition) is 1.